The SMILES string of the molecule is CC/C=C\C/C=C\C/C=C\CCCCCC(=O)OC(COC(=O)CCCCCCCCC)COC(=O)CCCCCCCCCCCCC/C=C\C/C=C\CCCCCCC. The molecule has 1 atom stereocenters. The number of carbonyl (C=O) groups is 3. The van der Waals surface area contributed by atoms with Gasteiger partial charge in [0.25, 0.3) is 0 Å². The summed E-state index contributed by atoms with van der Waals surface area (Å²) in [7, 11) is 0. The van der Waals surface area contributed by atoms with Gasteiger partial charge in [0.1, 0.15) is 13.2 Å². The molecule has 0 aliphatic rings. The van der Waals surface area contributed by atoms with Crippen LogP contribution in [0.4, 0.5) is 0 Å². The van der Waals surface area contributed by atoms with Gasteiger partial charge in [-0.05, 0) is 83.5 Å². The zero-order chi connectivity index (χ0) is 44.4. The maximum Gasteiger partial charge on any atom is 0.306 e. The highest BCUT2D eigenvalue weighted by molar-refractivity contribution is 5.71. The Labute approximate surface area is 377 Å². The Hall–Kier alpha value is -2.89. The molecular weight excluding hydrogens is 757 g/mol. The van der Waals surface area contributed by atoms with Crippen molar-refractivity contribution in [2.24, 2.45) is 0 Å². The molecular formula is C55H96O6. The van der Waals surface area contributed by atoms with Crippen molar-refractivity contribution in [1.29, 1.82) is 0 Å². The Morgan fingerprint density at radius 2 is 0.639 bits per heavy atom. The van der Waals surface area contributed by atoms with Crippen LogP contribution in [0.15, 0.2) is 60.8 Å². The van der Waals surface area contributed by atoms with E-state index in [9.17, 15) is 14.4 Å². The van der Waals surface area contributed by atoms with E-state index in [0.29, 0.717) is 19.3 Å². The summed E-state index contributed by atoms with van der Waals surface area (Å²) in [5.41, 5.74) is 0. The van der Waals surface area contributed by atoms with Gasteiger partial charge < -0.3 is 14.2 Å². The lowest BCUT2D eigenvalue weighted by molar-refractivity contribution is -0.167. The summed E-state index contributed by atoms with van der Waals surface area (Å²) in [5, 5.41) is 0. The minimum atomic E-state index is -0.785. The minimum Gasteiger partial charge on any atom is -0.462 e. The van der Waals surface area contributed by atoms with Gasteiger partial charge in [0, 0.05) is 19.3 Å². The Balaban J connectivity index is 4.20. The van der Waals surface area contributed by atoms with E-state index in [2.05, 4.69) is 81.5 Å². The van der Waals surface area contributed by atoms with Crippen LogP contribution in [0.5, 0.6) is 0 Å². The van der Waals surface area contributed by atoms with Crippen molar-refractivity contribution in [3.05, 3.63) is 60.8 Å². The molecule has 1 unspecified atom stereocenters. The molecule has 0 aromatic rings. The predicted molar refractivity (Wildman–Crippen MR) is 261 cm³/mol. The molecule has 0 rings (SSSR count). The average Bonchev–Trinajstić information content (AvgIpc) is 3.26. The van der Waals surface area contributed by atoms with Crippen LogP contribution < -0.4 is 0 Å². The van der Waals surface area contributed by atoms with Gasteiger partial charge in [-0.3, -0.25) is 14.4 Å². The normalized spacial score (nSPS) is 12.5. The summed E-state index contributed by atoms with van der Waals surface area (Å²) in [4.78, 5) is 37.7. The largest absolute Gasteiger partial charge is 0.462 e. The third-order valence-electron chi connectivity index (χ3n) is 11.0. The zero-order valence-corrected chi connectivity index (χ0v) is 40.2. The molecule has 0 heterocycles. The van der Waals surface area contributed by atoms with Crippen LogP contribution in [-0.4, -0.2) is 37.2 Å². The molecule has 6 nitrogen and oxygen atoms in total. The Morgan fingerprint density at radius 3 is 1.02 bits per heavy atom. The maximum absolute atomic E-state index is 12.7. The van der Waals surface area contributed by atoms with Crippen molar-refractivity contribution >= 4 is 17.9 Å². The summed E-state index contributed by atoms with van der Waals surface area (Å²) in [6.07, 6.45) is 60.9. The first kappa shape index (κ1) is 58.1. The van der Waals surface area contributed by atoms with Gasteiger partial charge in [-0.1, -0.05) is 210 Å². The van der Waals surface area contributed by atoms with Gasteiger partial charge in [-0.2, -0.15) is 0 Å². The Kier molecular flexibility index (Phi) is 47.4. The monoisotopic (exact) mass is 853 g/mol. The number of allylic oxidation sites excluding steroid dienone is 10. The summed E-state index contributed by atoms with van der Waals surface area (Å²) < 4.78 is 16.7. The lowest BCUT2D eigenvalue weighted by Gasteiger charge is -2.18. The summed E-state index contributed by atoms with van der Waals surface area (Å²) in [5.74, 6) is -0.922. The highest BCUT2D eigenvalue weighted by Gasteiger charge is 2.19. The van der Waals surface area contributed by atoms with Gasteiger partial charge in [0.05, 0.1) is 0 Å². The number of rotatable bonds is 46. The quantitative estimate of drug-likeness (QED) is 0.0263. The zero-order valence-electron chi connectivity index (χ0n) is 40.2. The van der Waals surface area contributed by atoms with Crippen LogP contribution in [0.25, 0.3) is 0 Å². The van der Waals surface area contributed by atoms with Crippen molar-refractivity contribution in [3.63, 3.8) is 0 Å². The van der Waals surface area contributed by atoms with Gasteiger partial charge in [0.15, 0.2) is 6.10 Å². The van der Waals surface area contributed by atoms with Gasteiger partial charge in [-0.15, -0.1) is 0 Å². The van der Waals surface area contributed by atoms with E-state index in [4.69, 9.17) is 14.2 Å². The number of esters is 3. The van der Waals surface area contributed by atoms with Crippen LogP contribution in [0.2, 0.25) is 0 Å². The fraction of sp³-hybridized carbons (Fsp3) is 0.764. The molecule has 0 N–H and O–H groups in total. The van der Waals surface area contributed by atoms with Crippen molar-refractivity contribution in [1.82, 2.24) is 0 Å². The molecule has 61 heavy (non-hydrogen) atoms. The van der Waals surface area contributed by atoms with Crippen LogP contribution in [0.3, 0.4) is 0 Å². The van der Waals surface area contributed by atoms with Gasteiger partial charge >= 0.3 is 17.9 Å². The second-order valence-corrected chi connectivity index (χ2v) is 17.1. The molecule has 0 aromatic heterocycles. The van der Waals surface area contributed by atoms with E-state index >= 15 is 0 Å². The third-order valence-corrected chi connectivity index (χ3v) is 11.0. The summed E-state index contributed by atoms with van der Waals surface area (Å²) in [6.45, 7) is 6.45. The molecule has 0 saturated heterocycles. The number of hydrogen-bond donors (Lipinski definition) is 0. The summed E-state index contributed by atoms with van der Waals surface area (Å²) in [6, 6.07) is 0. The predicted octanol–water partition coefficient (Wildman–Crippen LogP) is 16.9. The second-order valence-electron chi connectivity index (χ2n) is 17.1. The molecule has 0 saturated carbocycles. The van der Waals surface area contributed by atoms with Crippen LogP contribution >= 0.6 is 0 Å². The topological polar surface area (TPSA) is 78.9 Å². The average molecular weight is 853 g/mol. The fourth-order valence-corrected chi connectivity index (χ4v) is 7.13. The van der Waals surface area contributed by atoms with Crippen molar-refractivity contribution < 1.29 is 28.6 Å². The first-order chi connectivity index (χ1) is 30.0. The number of unbranched alkanes of at least 4 members (excludes halogenated alkanes) is 25. The van der Waals surface area contributed by atoms with E-state index in [0.717, 1.165) is 89.9 Å². The van der Waals surface area contributed by atoms with Crippen LogP contribution in [-0.2, 0) is 28.6 Å². The molecule has 0 spiro atoms. The Morgan fingerprint density at radius 1 is 0.344 bits per heavy atom. The van der Waals surface area contributed by atoms with Crippen LogP contribution in [0, 0.1) is 0 Å². The maximum atomic E-state index is 12.7. The van der Waals surface area contributed by atoms with E-state index in [1.165, 1.54) is 122 Å². The molecule has 0 amide bonds. The Bertz CT molecular complexity index is 1120. The first-order valence-corrected chi connectivity index (χ1v) is 25.8. The molecule has 0 aliphatic heterocycles. The van der Waals surface area contributed by atoms with Gasteiger partial charge in [0.2, 0.25) is 0 Å². The van der Waals surface area contributed by atoms with Crippen molar-refractivity contribution in [2.75, 3.05) is 13.2 Å². The van der Waals surface area contributed by atoms with E-state index < -0.39 is 6.10 Å². The molecule has 0 bridgehead atoms. The molecule has 0 aromatic carbocycles. The molecule has 6 heteroatoms. The number of hydrogen-bond acceptors (Lipinski definition) is 6. The van der Waals surface area contributed by atoms with E-state index in [1.54, 1.807) is 0 Å². The third kappa shape index (κ3) is 48.0. The van der Waals surface area contributed by atoms with Gasteiger partial charge in [-0.25, -0.2) is 0 Å². The van der Waals surface area contributed by atoms with Crippen molar-refractivity contribution in [2.45, 2.75) is 258 Å². The van der Waals surface area contributed by atoms with E-state index in [-0.39, 0.29) is 31.1 Å². The molecule has 352 valence electrons. The lowest BCUT2D eigenvalue weighted by atomic mass is 10.0. The number of ether oxygens (including phenoxy) is 3. The molecule has 0 radical (unpaired) electrons. The molecule has 0 aliphatic carbocycles. The van der Waals surface area contributed by atoms with Crippen LogP contribution in [0.1, 0.15) is 252 Å². The highest BCUT2D eigenvalue weighted by atomic mass is 16.6. The smallest absolute Gasteiger partial charge is 0.306 e. The van der Waals surface area contributed by atoms with Crippen molar-refractivity contribution in [3.8, 4) is 0 Å². The lowest BCUT2D eigenvalue weighted by Crippen LogP contribution is -2.30. The second kappa shape index (κ2) is 49.8. The van der Waals surface area contributed by atoms with E-state index in [1.807, 2.05) is 0 Å². The standard InChI is InChI=1S/C55H96O6/c1-4-7-10-13-16-18-20-22-23-24-25-26-27-28-29-30-31-33-34-36-39-42-45-48-54(57)60-51-52(50-59-53(56)47-44-41-38-15-12-9-6-3)61-55(58)49-46-43-40-37-35-32-21-19-17-14-11-8-5-2/h8,11,17,19-20,22,24-25,32,35,52H,4-7,9-10,12-16,18,21,23,26-31,33-34,36-51H2,1-3H3/b11-8-,19-17-,22-20-,25-24-,35-32-. The molecule has 0 fully saturated rings. The first-order valence-electron chi connectivity index (χ1n) is 25.8. The minimum absolute atomic E-state index is 0.0860. The summed E-state index contributed by atoms with van der Waals surface area (Å²) >= 11 is 0. The fourth-order valence-electron chi connectivity index (χ4n) is 7.13. The highest BCUT2D eigenvalue weighted by Crippen LogP contribution is 2.15. The number of carbonyl (C=O) groups excluding carboxylic acids is 3.